The van der Waals surface area contributed by atoms with Crippen molar-refractivity contribution < 1.29 is 20.1 Å². The van der Waals surface area contributed by atoms with Gasteiger partial charge in [-0.15, -0.1) is 0 Å². The summed E-state index contributed by atoms with van der Waals surface area (Å²) in [7, 11) is 0. The number of rotatable bonds is 4. The fraction of sp³-hybridized carbons (Fsp3) is 0.455. The molecule has 30 heavy (non-hydrogen) atoms. The van der Waals surface area contributed by atoms with Gasteiger partial charge in [0.05, 0.1) is 9.85 Å². The summed E-state index contributed by atoms with van der Waals surface area (Å²) in [5.41, 5.74) is 0.649. The van der Waals surface area contributed by atoms with Crippen molar-refractivity contribution in [3.8, 4) is 11.5 Å². The van der Waals surface area contributed by atoms with E-state index in [1.807, 2.05) is 0 Å². The van der Waals surface area contributed by atoms with Gasteiger partial charge in [-0.25, -0.2) is 0 Å². The van der Waals surface area contributed by atoms with Gasteiger partial charge in [0.2, 0.25) is 0 Å². The molecule has 4 aliphatic carbocycles. The molecule has 0 spiro atoms. The van der Waals surface area contributed by atoms with Crippen molar-refractivity contribution in [3.05, 3.63) is 67.8 Å². The molecule has 4 fully saturated rings. The van der Waals surface area contributed by atoms with Crippen molar-refractivity contribution in [2.45, 2.75) is 43.4 Å². The maximum Gasteiger partial charge on any atom is 0.310 e. The van der Waals surface area contributed by atoms with E-state index in [1.54, 1.807) is 12.1 Å². The molecule has 0 aliphatic heterocycles. The normalized spacial score (nSPS) is 31.6. The first-order valence-corrected chi connectivity index (χ1v) is 10.2. The first-order valence-electron chi connectivity index (χ1n) is 10.2. The topological polar surface area (TPSA) is 127 Å². The Balaban J connectivity index is 1.69. The van der Waals surface area contributed by atoms with E-state index in [0.29, 0.717) is 17.8 Å². The number of hydrogen-bond donors (Lipinski definition) is 2. The van der Waals surface area contributed by atoms with Crippen LogP contribution in [0.3, 0.4) is 0 Å². The number of aromatic hydroxyl groups is 2. The minimum absolute atomic E-state index is 0.0197. The largest absolute Gasteiger partial charge is 0.502 e. The molecule has 0 heterocycles. The van der Waals surface area contributed by atoms with Crippen molar-refractivity contribution in [2.75, 3.05) is 0 Å². The quantitative estimate of drug-likeness (QED) is 0.552. The number of benzene rings is 2. The maximum atomic E-state index is 11.5. The molecule has 8 nitrogen and oxygen atoms in total. The second-order valence-electron chi connectivity index (χ2n) is 9.21. The first-order chi connectivity index (χ1) is 14.3. The van der Waals surface area contributed by atoms with Gasteiger partial charge in [-0.3, -0.25) is 20.2 Å². The number of phenols is 2. The summed E-state index contributed by atoms with van der Waals surface area (Å²) in [5, 5.41) is 42.7. The minimum atomic E-state index is -0.576. The molecule has 6 rings (SSSR count). The van der Waals surface area contributed by atoms with Crippen LogP contribution in [0.4, 0.5) is 11.4 Å². The molecule has 4 bridgehead atoms. The molecule has 0 saturated heterocycles. The highest BCUT2D eigenvalue weighted by Gasteiger charge is 2.58. The first kappa shape index (κ1) is 18.8. The Morgan fingerprint density at radius 3 is 2.00 bits per heavy atom. The van der Waals surface area contributed by atoms with Gasteiger partial charge in [0.15, 0.2) is 11.5 Å². The summed E-state index contributed by atoms with van der Waals surface area (Å²) in [4.78, 5) is 21.7. The minimum Gasteiger partial charge on any atom is -0.502 e. The second kappa shape index (κ2) is 6.42. The molecule has 8 heteroatoms. The van der Waals surface area contributed by atoms with E-state index in [-0.39, 0.29) is 34.2 Å². The molecule has 0 amide bonds. The molecule has 2 aromatic carbocycles. The summed E-state index contributed by atoms with van der Waals surface area (Å²) in [6.07, 6.45) is 5.03. The Morgan fingerprint density at radius 2 is 1.40 bits per heavy atom. The molecule has 3 atom stereocenters. The van der Waals surface area contributed by atoms with E-state index in [0.717, 1.165) is 36.8 Å². The highest BCUT2D eigenvalue weighted by Crippen LogP contribution is 2.67. The summed E-state index contributed by atoms with van der Waals surface area (Å²) in [6.45, 7) is 0. The van der Waals surface area contributed by atoms with E-state index in [9.17, 15) is 30.4 Å². The highest BCUT2D eigenvalue weighted by atomic mass is 16.6. The van der Waals surface area contributed by atoms with Crippen LogP contribution in [-0.4, -0.2) is 20.1 Å². The van der Waals surface area contributed by atoms with Crippen LogP contribution in [0.2, 0.25) is 0 Å². The standard InChI is InChI=1S/C22H22N2O6/c25-19-3-1-14(8-17(19)23(27)28)21-15-6-12-5-13(7-15)11-22(21,10-12)16-2-4-20(26)18(9-16)24(29)30/h1-4,8-9,12-13,15,21,25-26H,5-7,10-11H2. The zero-order valence-corrected chi connectivity index (χ0v) is 16.2. The van der Waals surface area contributed by atoms with Crippen molar-refractivity contribution in [3.63, 3.8) is 0 Å². The lowest BCUT2D eigenvalue weighted by Gasteiger charge is -2.61. The van der Waals surface area contributed by atoms with Crippen molar-refractivity contribution in [1.82, 2.24) is 0 Å². The third-order valence-corrected chi connectivity index (χ3v) is 7.61. The molecule has 0 aromatic heterocycles. The smallest absolute Gasteiger partial charge is 0.310 e. The lowest BCUT2D eigenvalue weighted by molar-refractivity contribution is -0.386. The molecular weight excluding hydrogens is 388 g/mol. The van der Waals surface area contributed by atoms with Gasteiger partial charge in [0, 0.05) is 17.5 Å². The van der Waals surface area contributed by atoms with E-state index in [2.05, 4.69) is 0 Å². The predicted octanol–water partition coefficient (Wildman–Crippen LogP) is 4.78. The maximum absolute atomic E-state index is 11.5. The van der Waals surface area contributed by atoms with Crippen LogP contribution in [0.25, 0.3) is 0 Å². The van der Waals surface area contributed by atoms with E-state index in [1.165, 1.54) is 30.7 Å². The van der Waals surface area contributed by atoms with Crippen LogP contribution in [0.15, 0.2) is 36.4 Å². The molecule has 0 radical (unpaired) electrons. The van der Waals surface area contributed by atoms with Crippen LogP contribution in [0.5, 0.6) is 11.5 Å². The molecular formula is C22H22N2O6. The summed E-state index contributed by atoms with van der Waals surface area (Å²) in [6, 6.07) is 9.26. The predicted molar refractivity (Wildman–Crippen MR) is 107 cm³/mol. The van der Waals surface area contributed by atoms with Crippen molar-refractivity contribution in [1.29, 1.82) is 0 Å². The lowest BCUT2D eigenvalue weighted by atomic mass is 9.42. The van der Waals surface area contributed by atoms with Crippen LogP contribution in [0, 0.1) is 38.0 Å². The fourth-order valence-electron chi connectivity index (χ4n) is 6.91. The lowest BCUT2D eigenvalue weighted by Crippen LogP contribution is -2.53. The second-order valence-corrected chi connectivity index (χ2v) is 9.21. The third-order valence-electron chi connectivity index (χ3n) is 7.61. The Kier molecular flexibility index (Phi) is 4.03. The van der Waals surface area contributed by atoms with E-state index < -0.39 is 9.85 Å². The van der Waals surface area contributed by atoms with Crippen LogP contribution in [-0.2, 0) is 5.41 Å². The SMILES string of the molecule is O=[N+]([O-])c1cc(C2C3CC4CC(C3)CC2(c2ccc(O)c([N+](=O)[O-])c2)C4)ccc1O. The molecule has 2 aromatic rings. The molecule has 4 saturated carbocycles. The van der Waals surface area contributed by atoms with E-state index >= 15 is 0 Å². The van der Waals surface area contributed by atoms with Crippen molar-refractivity contribution >= 4 is 11.4 Å². The third kappa shape index (κ3) is 2.66. The molecule has 4 aliphatic rings. The number of nitro benzene ring substituents is 2. The molecule has 2 N–H and O–H groups in total. The summed E-state index contributed by atoms with van der Waals surface area (Å²) in [5.74, 6) is 0.687. The Bertz CT molecular complexity index is 1050. The Hall–Kier alpha value is -3.16. The zero-order valence-electron chi connectivity index (χ0n) is 16.2. The van der Waals surface area contributed by atoms with Gasteiger partial charge in [-0.2, -0.15) is 0 Å². The average molecular weight is 410 g/mol. The number of nitrogens with zero attached hydrogens (tertiary/aromatic N) is 2. The van der Waals surface area contributed by atoms with E-state index in [4.69, 9.17) is 0 Å². The van der Waals surface area contributed by atoms with Gasteiger partial charge >= 0.3 is 11.4 Å². The highest BCUT2D eigenvalue weighted by molar-refractivity contribution is 5.53. The number of nitro groups is 2. The van der Waals surface area contributed by atoms with Gasteiger partial charge in [0.1, 0.15) is 0 Å². The van der Waals surface area contributed by atoms with Crippen LogP contribution < -0.4 is 0 Å². The van der Waals surface area contributed by atoms with Gasteiger partial charge in [-0.1, -0.05) is 12.1 Å². The van der Waals surface area contributed by atoms with Gasteiger partial charge < -0.3 is 10.2 Å². The van der Waals surface area contributed by atoms with Crippen LogP contribution >= 0.6 is 0 Å². The zero-order chi connectivity index (χ0) is 21.2. The summed E-state index contributed by atoms with van der Waals surface area (Å²) >= 11 is 0. The van der Waals surface area contributed by atoms with Crippen LogP contribution in [0.1, 0.15) is 49.1 Å². The van der Waals surface area contributed by atoms with Gasteiger partial charge in [-0.05, 0) is 79.0 Å². The Morgan fingerprint density at radius 1 is 0.833 bits per heavy atom. The number of hydrogen-bond acceptors (Lipinski definition) is 6. The summed E-state index contributed by atoms with van der Waals surface area (Å²) < 4.78 is 0. The average Bonchev–Trinajstić information content (AvgIpc) is 2.68. The monoisotopic (exact) mass is 410 g/mol. The number of phenolic OH excluding ortho intramolecular Hbond substituents is 2. The Labute approximate surface area is 172 Å². The molecule has 156 valence electrons. The van der Waals surface area contributed by atoms with Crippen molar-refractivity contribution in [2.24, 2.45) is 17.8 Å². The fourth-order valence-corrected chi connectivity index (χ4v) is 6.91. The molecule has 3 unspecified atom stereocenters. The van der Waals surface area contributed by atoms with Gasteiger partial charge in [0.25, 0.3) is 0 Å².